The summed E-state index contributed by atoms with van der Waals surface area (Å²) in [6.45, 7) is 4.92. The quantitative estimate of drug-likeness (QED) is 0.608. The van der Waals surface area contributed by atoms with Gasteiger partial charge in [0, 0.05) is 32.4 Å². The van der Waals surface area contributed by atoms with E-state index in [1.54, 1.807) is 19.4 Å². The molecule has 0 fully saturated rings. The largest absolute Gasteiger partial charge is 0.461 e. The summed E-state index contributed by atoms with van der Waals surface area (Å²) in [7, 11) is 1.62. The number of nitrogens with zero attached hydrogens (tertiary/aromatic N) is 1. The molecule has 0 aliphatic carbocycles. The molecule has 2 N–H and O–H groups in total. The van der Waals surface area contributed by atoms with Crippen LogP contribution in [0.5, 0.6) is 0 Å². The molecule has 5 heteroatoms. The molecule has 17 heavy (non-hydrogen) atoms. The summed E-state index contributed by atoms with van der Waals surface area (Å²) in [6, 6.07) is 1.81. The van der Waals surface area contributed by atoms with Gasteiger partial charge in [-0.1, -0.05) is 0 Å². The van der Waals surface area contributed by atoms with Crippen molar-refractivity contribution in [1.82, 2.24) is 4.57 Å². The predicted molar refractivity (Wildman–Crippen MR) is 66.0 cm³/mol. The average Bonchev–Trinajstić information content (AvgIpc) is 2.66. The van der Waals surface area contributed by atoms with Gasteiger partial charge in [-0.3, -0.25) is 0 Å². The number of hydrogen-bond acceptors (Lipinski definition) is 4. The highest BCUT2D eigenvalue weighted by atomic mass is 16.5. The van der Waals surface area contributed by atoms with Gasteiger partial charge in [-0.2, -0.15) is 0 Å². The molecular weight excluding hydrogens is 220 g/mol. The summed E-state index contributed by atoms with van der Waals surface area (Å²) in [5.41, 5.74) is 6.75. The summed E-state index contributed by atoms with van der Waals surface area (Å²) in [6.07, 6.45) is 2.44. The van der Waals surface area contributed by atoms with Crippen LogP contribution in [-0.4, -0.2) is 30.9 Å². The Morgan fingerprint density at radius 3 is 2.76 bits per heavy atom. The molecular formula is C12H20N2O3. The summed E-state index contributed by atoms with van der Waals surface area (Å²) < 4.78 is 11.8. The van der Waals surface area contributed by atoms with E-state index < -0.39 is 0 Å². The molecule has 0 saturated carbocycles. The van der Waals surface area contributed by atoms with Gasteiger partial charge in [-0.05, 0) is 19.9 Å². The molecule has 0 aliphatic rings. The maximum absolute atomic E-state index is 11.8. The van der Waals surface area contributed by atoms with Crippen molar-refractivity contribution < 1.29 is 14.3 Å². The fraction of sp³-hybridized carbons (Fsp3) is 0.583. The van der Waals surface area contributed by atoms with Gasteiger partial charge in [0.05, 0.1) is 12.3 Å². The van der Waals surface area contributed by atoms with Crippen molar-refractivity contribution in [1.29, 1.82) is 0 Å². The Morgan fingerprint density at radius 2 is 2.18 bits per heavy atom. The van der Waals surface area contributed by atoms with E-state index in [1.165, 1.54) is 0 Å². The maximum Gasteiger partial charge on any atom is 0.355 e. The van der Waals surface area contributed by atoms with Gasteiger partial charge < -0.3 is 19.8 Å². The Kier molecular flexibility index (Phi) is 5.03. The summed E-state index contributed by atoms with van der Waals surface area (Å²) in [5.74, 6) is -0.341. The zero-order chi connectivity index (χ0) is 12.8. The van der Waals surface area contributed by atoms with Crippen molar-refractivity contribution >= 4 is 11.7 Å². The Balaban J connectivity index is 2.62. The second-order valence-corrected chi connectivity index (χ2v) is 4.14. The SMILES string of the molecule is COCCCOC(=O)c1cc(N)cn1C(C)C. The Hall–Kier alpha value is -1.49. The van der Waals surface area contributed by atoms with Crippen LogP contribution in [0.4, 0.5) is 5.69 Å². The number of methoxy groups -OCH3 is 1. The predicted octanol–water partition coefficient (Wildman–Crippen LogP) is 1.84. The van der Waals surface area contributed by atoms with Crippen molar-refractivity contribution in [3.63, 3.8) is 0 Å². The van der Waals surface area contributed by atoms with Crippen molar-refractivity contribution in [2.75, 3.05) is 26.1 Å². The minimum atomic E-state index is -0.341. The van der Waals surface area contributed by atoms with Gasteiger partial charge in [0.25, 0.3) is 0 Å². The lowest BCUT2D eigenvalue weighted by atomic mass is 10.3. The van der Waals surface area contributed by atoms with E-state index in [-0.39, 0.29) is 12.0 Å². The second kappa shape index (κ2) is 6.30. The van der Waals surface area contributed by atoms with E-state index in [1.807, 2.05) is 18.4 Å². The topological polar surface area (TPSA) is 66.5 Å². The molecule has 5 nitrogen and oxygen atoms in total. The first-order chi connectivity index (χ1) is 8.06. The normalized spacial score (nSPS) is 10.8. The summed E-state index contributed by atoms with van der Waals surface area (Å²) >= 11 is 0. The zero-order valence-electron chi connectivity index (χ0n) is 10.6. The third-order valence-corrected chi connectivity index (χ3v) is 2.36. The first kappa shape index (κ1) is 13.6. The molecule has 0 spiro atoms. The smallest absolute Gasteiger partial charge is 0.355 e. The van der Waals surface area contributed by atoms with Crippen LogP contribution >= 0.6 is 0 Å². The van der Waals surface area contributed by atoms with Crippen LogP contribution in [0.3, 0.4) is 0 Å². The Morgan fingerprint density at radius 1 is 1.47 bits per heavy atom. The molecule has 1 aromatic rings. The third-order valence-electron chi connectivity index (χ3n) is 2.36. The maximum atomic E-state index is 11.8. The number of hydrogen-bond donors (Lipinski definition) is 1. The number of nitrogen functional groups attached to an aromatic ring is 1. The van der Waals surface area contributed by atoms with Crippen LogP contribution in [0, 0.1) is 0 Å². The fourth-order valence-corrected chi connectivity index (χ4v) is 1.53. The minimum Gasteiger partial charge on any atom is -0.461 e. The van der Waals surface area contributed by atoms with E-state index in [0.29, 0.717) is 31.0 Å². The second-order valence-electron chi connectivity index (χ2n) is 4.14. The highest BCUT2D eigenvalue weighted by Crippen LogP contribution is 2.17. The van der Waals surface area contributed by atoms with Gasteiger partial charge >= 0.3 is 5.97 Å². The van der Waals surface area contributed by atoms with Crippen molar-refractivity contribution in [2.45, 2.75) is 26.3 Å². The number of anilines is 1. The number of nitrogens with two attached hydrogens (primary N) is 1. The number of rotatable bonds is 6. The van der Waals surface area contributed by atoms with E-state index in [9.17, 15) is 4.79 Å². The highest BCUT2D eigenvalue weighted by Gasteiger charge is 2.15. The monoisotopic (exact) mass is 240 g/mol. The zero-order valence-corrected chi connectivity index (χ0v) is 10.6. The number of aromatic nitrogens is 1. The van der Waals surface area contributed by atoms with Crippen molar-refractivity contribution in [3.8, 4) is 0 Å². The fourth-order valence-electron chi connectivity index (χ4n) is 1.53. The van der Waals surface area contributed by atoms with E-state index >= 15 is 0 Å². The molecule has 0 unspecified atom stereocenters. The molecule has 0 radical (unpaired) electrons. The van der Waals surface area contributed by atoms with Gasteiger partial charge in [0.15, 0.2) is 0 Å². The van der Waals surface area contributed by atoms with Crippen LogP contribution in [-0.2, 0) is 9.47 Å². The molecule has 1 heterocycles. The summed E-state index contributed by atoms with van der Waals surface area (Å²) in [5, 5.41) is 0. The lowest BCUT2D eigenvalue weighted by Crippen LogP contribution is -2.14. The standard InChI is InChI=1S/C12H20N2O3/c1-9(2)14-8-10(13)7-11(14)12(15)17-6-4-5-16-3/h7-9H,4-6,13H2,1-3H3. The van der Waals surface area contributed by atoms with Gasteiger partial charge in [0.1, 0.15) is 5.69 Å². The molecule has 0 aliphatic heterocycles. The van der Waals surface area contributed by atoms with Gasteiger partial charge in [-0.25, -0.2) is 4.79 Å². The minimum absolute atomic E-state index is 0.175. The van der Waals surface area contributed by atoms with Crippen LogP contribution in [0.1, 0.15) is 36.8 Å². The lowest BCUT2D eigenvalue weighted by molar-refractivity contribution is 0.0454. The molecule has 0 aromatic carbocycles. The summed E-state index contributed by atoms with van der Waals surface area (Å²) in [4.78, 5) is 11.8. The van der Waals surface area contributed by atoms with Crippen LogP contribution in [0.2, 0.25) is 0 Å². The highest BCUT2D eigenvalue weighted by molar-refractivity contribution is 5.89. The molecule has 0 saturated heterocycles. The molecule has 0 atom stereocenters. The van der Waals surface area contributed by atoms with E-state index in [4.69, 9.17) is 15.2 Å². The van der Waals surface area contributed by atoms with Crippen molar-refractivity contribution in [3.05, 3.63) is 18.0 Å². The first-order valence-corrected chi connectivity index (χ1v) is 5.69. The number of ether oxygens (including phenoxy) is 2. The first-order valence-electron chi connectivity index (χ1n) is 5.69. The van der Waals surface area contributed by atoms with Gasteiger partial charge in [-0.15, -0.1) is 0 Å². The van der Waals surface area contributed by atoms with Crippen molar-refractivity contribution in [2.24, 2.45) is 0 Å². The van der Waals surface area contributed by atoms with Crippen LogP contribution in [0.15, 0.2) is 12.3 Å². The molecule has 1 rings (SSSR count). The number of carbonyl (C=O) groups excluding carboxylic acids is 1. The van der Waals surface area contributed by atoms with Crippen LogP contribution < -0.4 is 5.73 Å². The van der Waals surface area contributed by atoms with Crippen LogP contribution in [0.25, 0.3) is 0 Å². The molecule has 0 amide bonds. The van der Waals surface area contributed by atoms with Gasteiger partial charge in [0.2, 0.25) is 0 Å². The van der Waals surface area contributed by atoms with E-state index in [2.05, 4.69) is 0 Å². The average molecular weight is 240 g/mol. The molecule has 1 aromatic heterocycles. The molecule has 96 valence electrons. The lowest BCUT2D eigenvalue weighted by Gasteiger charge is -2.11. The number of esters is 1. The molecule has 0 bridgehead atoms. The van der Waals surface area contributed by atoms with E-state index in [0.717, 1.165) is 0 Å². The Labute approximate surface area is 101 Å². The Bertz CT molecular complexity index is 372. The third kappa shape index (κ3) is 3.78. The number of carbonyl (C=O) groups is 1.